The van der Waals surface area contributed by atoms with Crippen molar-refractivity contribution in [3.05, 3.63) is 0 Å². The molecule has 1 aliphatic rings. The largest absolute Gasteiger partial charge is 0.444 e. The fraction of sp³-hybridized carbons (Fsp3) is 0.846. The topological polar surface area (TPSA) is 84.7 Å². The monoisotopic (exact) mass is 271 g/mol. The van der Waals surface area contributed by atoms with E-state index in [4.69, 9.17) is 10.5 Å². The Morgan fingerprint density at radius 2 is 1.89 bits per heavy atom. The number of rotatable bonds is 3. The SMILES string of the molecule is CC(C)(C)OC(=O)NC1CCN(C(=O)CCN)CC1. The van der Waals surface area contributed by atoms with Crippen molar-refractivity contribution in [3.8, 4) is 0 Å². The average Bonchev–Trinajstić information content (AvgIpc) is 2.27. The molecular weight excluding hydrogens is 246 g/mol. The zero-order chi connectivity index (χ0) is 14.5. The minimum Gasteiger partial charge on any atom is -0.444 e. The van der Waals surface area contributed by atoms with Gasteiger partial charge in [0.2, 0.25) is 5.91 Å². The fourth-order valence-electron chi connectivity index (χ4n) is 2.03. The van der Waals surface area contributed by atoms with Gasteiger partial charge in [-0.1, -0.05) is 0 Å². The summed E-state index contributed by atoms with van der Waals surface area (Å²) in [6, 6.07) is 0.0803. The third-order valence-electron chi connectivity index (χ3n) is 2.93. The molecule has 1 saturated heterocycles. The van der Waals surface area contributed by atoms with Gasteiger partial charge in [-0.25, -0.2) is 4.79 Å². The predicted molar refractivity (Wildman–Crippen MR) is 72.6 cm³/mol. The molecule has 0 bridgehead atoms. The Morgan fingerprint density at radius 3 is 2.37 bits per heavy atom. The van der Waals surface area contributed by atoms with Crippen molar-refractivity contribution >= 4 is 12.0 Å². The summed E-state index contributed by atoms with van der Waals surface area (Å²) in [4.78, 5) is 25.1. The van der Waals surface area contributed by atoms with Crippen LogP contribution in [0.3, 0.4) is 0 Å². The normalized spacial score (nSPS) is 17.2. The Morgan fingerprint density at radius 1 is 1.32 bits per heavy atom. The van der Waals surface area contributed by atoms with Gasteiger partial charge in [0.25, 0.3) is 0 Å². The molecule has 1 heterocycles. The average molecular weight is 271 g/mol. The van der Waals surface area contributed by atoms with Crippen molar-refractivity contribution in [2.75, 3.05) is 19.6 Å². The number of carbonyl (C=O) groups excluding carboxylic acids is 2. The van der Waals surface area contributed by atoms with Gasteiger partial charge < -0.3 is 20.7 Å². The Labute approximate surface area is 114 Å². The van der Waals surface area contributed by atoms with Crippen LogP contribution < -0.4 is 11.1 Å². The third-order valence-corrected chi connectivity index (χ3v) is 2.93. The quantitative estimate of drug-likeness (QED) is 0.797. The minimum absolute atomic E-state index is 0.0803. The molecule has 110 valence electrons. The van der Waals surface area contributed by atoms with Gasteiger partial charge in [-0.3, -0.25) is 4.79 Å². The molecule has 1 fully saturated rings. The van der Waals surface area contributed by atoms with Crippen molar-refractivity contribution in [2.45, 2.75) is 51.7 Å². The highest BCUT2D eigenvalue weighted by Gasteiger charge is 2.25. The number of amides is 2. The van der Waals surface area contributed by atoms with Crippen LogP contribution in [-0.2, 0) is 9.53 Å². The molecular formula is C13H25N3O3. The van der Waals surface area contributed by atoms with Crippen molar-refractivity contribution in [3.63, 3.8) is 0 Å². The number of alkyl carbamates (subject to hydrolysis) is 1. The molecule has 0 spiro atoms. The fourth-order valence-corrected chi connectivity index (χ4v) is 2.03. The van der Waals surface area contributed by atoms with Crippen LogP contribution in [0.4, 0.5) is 4.79 Å². The molecule has 6 heteroatoms. The van der Waals surface area contributed by atoms with Crippen LogP contribution in [0.5, 0.6) is 0 Å². The third kappa shape index (κ3) is 5.92. The summed E-state index contributed by atoms with van der Waals surface area (Å²) in [5.41, 5.74) is 4.88. The van der Waals surface area contributed by atoms with E-state index in [1.807, 2.05) is 20.8 Å². The number of piperidine rings is 1. The van der Waals surface area contributed by atoms with E-state index >= 15 is 0 Å². The van der Waals surface area contributed by atoms with Gasteiger partial charge in [0.1, 0.15) is 5.60 Å². The van der Waals surface area contributed by atoms with Gasteiger partial charge in [0, 0.05) is 32.1 Å². The second-order valence-electron chi connectivity index (χ2n) is 5.84. The maximum absolute atomic E-state index is 11.6. The summed E-state index contributed by atoms with van der Waals surface area (Å²) in [5.74, 6) is 0.0956. The molecule has 0 aromatic heterocycles. The molecule has 3 N–H and O–H groups in total. The van der Waals surface area contributed by atoms with E-state index in [0.29, 0.717) is 26.1 Å². The molecule has 1 rings (SSSR count). The van der Waals surface area contributed by atoms with Crippen LogP contribution >= 0.6 is 0 Å². The van der Waals surface area contributed by atoms with Gasteiger partial charge >= 0.3 is 6.09 Å². The zero-order valence-electron chi connectivity index (χ0n) is 12.1. The maximum Gasteiger partial charge on any atom is 0.407 e. The highest BCUT2D eigenvalue weighted by Crippen LogP contribution is 2.13. The first-order valence-corrected chi connectivity index (χ1v) is 6.79. The van der Waals surface area contributed by atoms with Crippen LogP contribution in [-0.4, -0.2) is 48.2 Å². The number of hydrogen-bond acceptors (Lipinski definition) is 4. The number of nitrogens with one attached hydrogen (secondary N) is 1. The summed E-state index contributed by atoms with van der Waals surface area (Å²) in [5, 5.41) is 2.84. The summed E-state index contributed by atoms with van der Waals surface area (Å²) >= 11 is 0. The van der Waals surface area contributed by atoms with Crippen LogP contribution in [0, 0.1) is 0 Å². The van der Waals surface area contributed by atoms with Gasteiger partial charge in [0.15, 0.2) is 0 Å². The van der Waals surface area contributed by atoms with Gasteiger partial charge in [-0.05, 0) is 33.6 Å². The van der Waals surface area contributed by atoms with Gasteiger partial charge in [0.05, 0.1) is 0 Å². The van der Waals surface area contributed by atoms with Crippen LogP contribution in [0.25, 0.3) is 0 Å². The predicted octanol–water partition coefficient (Wildman–Crippen LogP) is 0.851. The Balaban J connectivity index is 2.30. The van der Waals surface area contributed by atoms with Crippen LogP contribution in [0.2, 0.25) is 0 Å². The van der Waals surface area contributed by atoms with E-state index in [9.17, 15) is 9.59 Å². The summed E-state index contributed by atoms with van der Waals surface area (Å²) in [6.45, 7) is 7.22. The Kier molecular flexibility index (Phi) is 5.60. The van der Waals surface area contributed by atoms with Crippen LogP contribution in [0.1, 0.15) is 40.0 Å². The first-order chi connectivity index (χ1) is 8.81. The maximum atomic E-state index is 11.6. The molecule has 0 unspecified atom stereocenters. The number of likely N-dealkylation sites (tertiary alicyclic amines) is 1. The second-order valence-corrected chi connectivity index (χ2v) is 5.84. The van der Waals surface area contributed by atoms with Crippen LogP contribution in [0.15, 0.2) is 0 Å². The van der Waals surface area contributed by atoms with Crippen molar-refractivity contribution < 1.29 is 14.3 Å². The Hall–Kier alpha value is -1.30. The lowest BCUT2D eigenvalue weighted by Gasteiger charge is -2.32. The van der Waals surface area contributed by atoms with E-state index in [1.54, 1.807) is 4.90 Å². The zero-order valence-corrected chi connectivity index (χ0v) is 12.1. The molecule has 19 heavy (non-hydrogen) atoms. The highest BCUT2D eigenvalue weighted by molar-refractivity contribution is 5.76. The van der Waals surface area contributed by atoms with E-state index in [-0.39, 0.29) is 18.0 Å². The molecule has 6 nitrogen and oxygen atoms in total. The number of hydrogen-bond donors (Lipinski definition) is 2. The van der Waals surface area contributed by atoms with E-state index in [1.165, 1.54) is 0 Å². The van der Waals surface area contributed by atoms with Crippen molar-refractivity contribution in [2.24, 2.45) is 5.73 Å². The molecule has 0 aromatic carbocycles. The number of nitrogens with zero attached hydrogens (tertiary/aromatic N) is 1. The first-order valence-electron chi connectivity index (χ1n) is 6.79. The summed E-state index contributed by atoms with van der Waals surface area (Å²) < 4.78 is 5.21. The van der Waals surface area contributed by atoms with E-state index in [0.717, 1.165) is 12.8 Å². The molecule has 0 saturated carbocycles. The summed E-state index contributed by atoms with van der Waals surface area (Å²) in [6.07, 6.45) is 1.52. The molecule has 2 amide bonds. The lowest BCUT2D eigenvalue weighted by atomic mass is 10.0. The molecule has 0 aliphatic carbocycles. The molecule has 0 atom stereocenters. The second kappa shape index (κ2) is 6.75. The highest BCUT2D eigenvalue weighted by atomic mass is 16.6. The lowest BCUT2D eigenvalue weighted by Crippen LogP contribution is -2.47. The van der Waals surface area contributed by atoms with Gasteiger partial charge in [-0.15, -0.1) is 0 Å². The van der Waals surface area contributed by atoms with E-state index in [2.05, 4.69) is 5.32 Å². The number of nitrogens with two attached hydrogens (primary N) is 1. The smallest absolute Gasteiger partial charge is 0.407 e. The minimum atomic E-state index is -0.484. The van der Waals surface area contributed by atoms with Gasteiger partial charge in [-0.2, -0.15) is 0 Å². The standard InChI is InChI=1S/C13H25N3O3/c1-13(2,3)19-12(18)15-10-5-8-16(9-6-10)11(17)4-7-14/h10H,4-9,14H2,1-3H3,(H,15,18). The molecule has 0 radical (unpaired) electrons. The number of carbonyl (C=O) groups is 2. The van der Waals surface area contributed by atoms with Crippen molar-refractivity contribution in [1.29, 1.82) is 0 Å². The van der Waals surface area contributed by atoms with Crippen molar-refractivity contribution in [1.82, 2.24) is 10.2 Å². The van der Waals surface area contributed by atoms with E-state index < -0.39 is 5.60 Å². The molecule has 1 aliphatic heterocycles. The first kappa shape index (κ1) is 15.8. The Bertz CT molecular complexity index is 318. The number of ether oxygens (including phenoxy) is 1. The lowest BCUT2D eigenvalue weighted by molar-refractivity contribution is -0.132. The summed E-state index contributed by atoms with van der Waals surface area (Å²) in [7, 11) is 0. The molecule has 0 aromatic rings.